The lowest BCUT2D eigenvalue weighted by Gasteiger charge is -2.29. The van der Waals surface area contributed by atoms with Crippen molar-refractivity contribution < 1.29 is 38.1 Å². The van der Waals surface area contributed by atoms with Crippen LogP contribution in [0.4, 0.5) is 5.82 Å². The molecule has 0 aliphatic carbocycles. The summed E-state index contributed by atoms with van der Waals surface area (Å²) in [6.45, 7) is 3.61. The van der Waals surface area contributed by atoms with E-state index in [1.807, 2.05) is 6.07 Å². The number of halogens is 1. The maximum Gasteiger partial charge on any atom is 0.459 e. The van der Waals surface area contributed by atoms with Crippen molar-refractivity contribution in [2.75, 3.05) is 19.5 Å². The summed E-state index contributed by atoms with van der Waals surface area (Å²) in [5, 5.41) is 35.0. The molecule has 5 atom stereocenters. The van der Waals surface area contributed by atoms with Crippen LogP contribution < -0.4 is 15.3 Å². The normalized spacial score (nSPS) is 24.4. The fraction of sp³-hybridized carbons (Fsp3) is 0.417. The maximum atomic E-state index is 13.9. The van der Waals surface area contributed by atoms with E-state index in [1.165, 1.54) is 69.2 Å². The van der Waals surface area contributed by atoms with Crippen molar-refractivity contribution in [1.82, 2.24) is 19.6 Å². The van der Waals surface area contributed by atoms with Gasteiger partial charge in [0.25, 0.3) is 0 Å². The fourth-order valence-corrected chi connectivity index (χ4v) is 6.09. The highest BCUT2D eigenvalue weighted by molar-refractivity contribution is 7.52. The zero-order chi connectivity index (χ0) is 29.5. The average molecular weight is 595 g/mol. The van der Waals surface area contributed by atoms with Gasteiger partial charge in [-0.1, -0.05) is 11.6 Å². The summed E-state index contributed by atoms with van der Waals surface area (Å²) in [6.07, 6.45) is -1.50. The van der Waals surface area contributed by atoms with Crippen molar-refractivity contribution in [3.8, 4) is 11.8 Å². The molecule has 4 rings (SSSR count). The zero-order valence-electron chi connectivity index (χ0n) is 21.9. The lowest BCUT2D eigenvalue weighted by molar-refractivity contribution is -0.146. The molecule has 0 amide bonds. The van der Waals surface area contributed by atoms with E-state index in [0.717, 1.165) is 0 Å². The van der Waals surface area contributed by atoms with Crippen molar-refractivity contribution in [1.29, 1.82) is 5.26 Å². The Kier molecular flexibility index (Phi) is 8.13. The number of ether oxygens (including phenoxy) is 2. The first kappa shape index (κ1) is 29.7. The predicted octanol–water partition coefficient (Wildman–Crippen LogP) is 2.29. The Hall–Kier alpha value is -3.28. The number of aromatic nitrogens is 3. The monoisotopic (exact) mass is 594 g/mol. The summed E-state index contributed by atoms with van der Waals surface area (Å²) >= 11 is 5.92. The molecule has 40 heavy (non-hydrogen) atoms. The highest BCUT2D eigenvalue weighted by Crippen LogP contribution is 2.48. The maximum absolute atomic E-state index is 13.9. The van der Waals surface area contributed by atoms with Gasteiger partial charge in [-0.2, -0.15) is 10.3 Å². The van der Waals surface area contributed by atoms with Crippen molar-refractivity contribution in [3.05, 3.63) is 47.4 Å². The Bertz CT molecular complexity index is 1510. The van der Waals surface area contributed by atoms with Crippen LogP contribution in [0.5, 0.6) is 5.75 Å². The van der Waals surface area contributed by atoms with Gasteiger partial charge < -0.3 is 34.5 Å². The van der Waals surface area contributed by atoms with Crippen LogP contribution in [0.3, 0.4) is 0 Å². The minimum atomic E-state index is -4.36. The second kappa shape index (κ2) is 10.9. The summed E-state index contributed by atoms with van der Waals surface area (Å²) in [4.78, 5) is 20.4. The Balaban J connectivity index is 1.62. The first-order valence-corrected chi connectivity index (χ1v) is 13.8. The Morgan fingerprint density at radius 2 is 2.05 bits per heavy atom. The lowest BCUT2D eigenvalue weighted by Crippen LogP contribution is -2.47. The number of rotatable bonds is 9. The number of aliphatic hydroxyl groups is 2. The quantitative estimate of drug-likeness (QED) is 0.207. The summed E-state index contributed by atoms with van der Waals surface area (Å²) in [6, 6.07) is 7.91. The number of carbonyl (C=O) groups is 1. The van der Waals surface area contributed by atoms with Crippen molar-refractivity contribution in [2.45, 2.75) is 50.3 Å². The Morgan fingerprint density at radius 3 is 2.67 bits per heavy atom. The van der Waals surface area contributed by atoms with E-state index >= 15 is 0 Å². The van der Waals surface area contributed by atoms with Crippen LogP contribution in [-0.2, 0) is 23.4 Å². The average Bonchev–Trinajstić information content (AvgIpc) is 3.38. The van der Waals surface area contributed by atoms with Gasteiger partial charge in [-0.3, -0.25) is 9.32 Å². The van der Waals surface area contributed by atoms with E-state index in [4.69, 9.17) is 35.9 Å². The zero-order valence-corrected chi connectivity index (χ0v) is 23.6. The third-order valence-corrected chi connectivity index (χ3v) is 8.35. The summed E-state index contributed by atoms with van der Waals surface area (Å²) in [5.74, 6) is -0.582. The molecule has 16 heteroatoms. The number of anilines is 1. The molecular weight excluding hydrogens is 567 g/mol. The van der Waals surface area contributed by atoms with Gasteiger partial charge in [0.2, 0.25) is 0 Å². The molecular formula is C24H28ClN6O8P. The number of carbonyl (C=O) groups excluding carboxylic acids is 1. The van der Waals surface area contributed by atoms with Gasteiger partial charge in [0.15, 0.2) is 6.23 Å². The third kappa shape index (κ3) is 5.63. The largest absolute Gasteiger partial charge is 0.468 e. The number of benzene rings is 1. The highest BCUT2D eigenvalue weighted by Gasteiger charge is 2.54. The molecule has 0 spiro atoms. The van der Waals surface area contributed by atoms with E-state index < -0.39 is 49.9 Å². The lowest BCUT2D eigenvalue weighted by atomic mass is 9.96. The number of fused-ring (bicyclic) bond motifs is 1. The van der Waals surface area contributed by atoms with Crippen LogP contribution in [0.25, 0.3) is 11.0 Å². The van der Waals surface area contributed by atoms with E-state index in [1.54, 1.807) is 0 Å². The highest BCUT2D eigenvalue weighted by atomic mass is 35.5. The summed E-state index contributed by atoms with van der Waals surface area (Å²) in [7, 11) is -3.19. The number of nitrogens with one attached hydrogen (secondary N) is 1. The minimum absolute atomic E-state index is 0.0537. The van der Waals surface area contributed by atoms with Crippen LogP contribution in [0.1, 0.15) is 32.6 Å². The number of methoxy groups -OCH3 is 1. The number of hydrogen-bond acceptors (Lipinski definition) is 12. The number of nitrogens with two attached hydrogens (primary N) is 1. The molecule has 2 aromatic heterocycles. The number of nitrogen functional groups attached to an aromatic ring is 1. The first-order chi connectivity index (χ1) is 18.7. The van der Waals surface area contributed by atoms with Crippen LogP contribution in [-0.4, -0.2) is 67.8 Å². The van der Waals surface area contributed by atoms with Gasteiger partial charge in [0.05, 0.1) is 24.7 Å². The molecule has 1 saturated heterocycles. The third-order valence-electron chi connectivity index (χ3n) is 6.33. The van der Waals surface area contributed by atoms with Gasteiger partial charge in [-0.25, -0.2) is 14.5 Å². The topological polar surface area (TPSA) is 204 Å². The molecule has 1 aliphatic heterocycles. The second-order valence-electron chi connectivity index (χ2n) is 9.78. The van der Waals surface area contributed by atoms with Gasteiger partial charge in [0, 0.05) is 11.2 Å². The fourth-order valence-electron chi connectivity index (χ4n) is 4.28. The number of aliphatic hydroxyl groups excluding tert-OH is 1. The van der Waals surface area contributed by atoms with Crippen LogP contribution in [0.2, 0.25) is 5.02 Å². The molecule has 0 radical (unpaired) electrons. The molecule has 5 N–H and O–H groups in total. The molecule has 14 nitrogen and oxygen atoms in total. The van der Waals surface area contributed by atoms with Gasteiger partial charge in [-0.15, -0.1) is 0 Å². The molecule has 0 saturated carbocycles. The Labute approximate surface area is 234 Å². The van der Waals surface area contributed by atoms with Crippen LogP contribution >= 0.6 is 19.3 Å². The first-order valence-electron chi connectivity index (χ1n) is 11.9. The van der Waals surface area contributed by atoms with Gasteiger partial charge >= 0.3 is 13.7 Å². The molecule has 214 valence electrons. The molecule has 0 bridgehead atoms. The molecule has 1 aromatic carbocycles. The van der Waals surface area contributed by atoms with E-state index in [2.05, 4.69) is 15.1 Å². The van der Waals surface area contributed by atoms with E-state index in [9.17, 15) is 24.8 Å². The van der Waals surface area contributed by atoms with Crippen molar-refractivity contribution >= 4 is 42.2 Å². The SMILES string of the molecule is COC(=O)C(C)(C)NP(=O)(OCC1OC(n2cc(C#N)c3c(N)ncnc32)[C@](C)(O)[C@@H]1O)Oc1ccc(Cl)cc1. The predicted molar refractivity (Wildman–Crippen MR) is 142 cm³/mol. The smallest absolute Gasteiger partial charge is 0.459 e. The second-order valence-corrected chi connectivity index (χ2v) is 11.9. The van der Waals surface area contributed by atoms with Gasteiger partial charge in [-0.05, 0) is 45.0 Å². The number of esters is 1. The molecule has 3 aromatic rings. The number of nitrogens with zero attached hydrogens (tertiary/aromatic N) is 4. The molecule has 1 aliphatic rings. The Morgan fingerprint density at radius 1 is 1.38 bits per heavy atom. The molecule has 3 unspecified atom stereocenters. The number of hydrogen-bond donors (Lipinski definition) is 4. The van der Waals surface area contributed by atoms with Crippen LogP contribution in [0, 0.1) is 11.3 Å². The van der Waals surface area contributed by atoms with Crippen LogP contribution in [0.15, 0.2) is 36.8 Å². The van der Waals surface area contributed by atoms with Crippen molar-refractivity contribution in [3.63, 3.8) is 0 Å². The molecule has 3 heterocycles. The van der Waals surface area contributed by atoms with E-state index in [-0.39, 0.29) is 28.2 Å². The number of nitriles is 1. The minimum Gasteiger partial charge on any atom is -0.468 e. The summed E-state index contributed by atoms with van der Waals surface area (Å²) in [5.41, 5.74) is 2.83. The van der Waals surface area contributed by atoms with Gasteiger partial charge in [0.1, 0.15) is 53.0 Å². The van der Waals surface area contributed by atoms with E-state index in [0.29, 0.717) is 5.02 Å². The summed E-state index contributed by atoms with van der Waals surface area (Å²) < 4.78 is 37.2. The molecule has 1 fully saturated rings. The van der Waals surface area contributed by atoms with Crippen molar-refractivity contribution in [2.24, 2.45) is 0 Å². The standard InChI is InChI=1S/C24H28ClN6O8P/c1-23(2,22(33)36-4)30-40(35,39-15-7-5-14(25)6-8-15)37-11-16-18(32)24(3,34)21(38-16)31-10-13(9-26)17-19(27)28-12-29-20(17)31/h5-8,10,12,16,18,21,32,34H,11H2,1-4H3,(H,30,35)(H2,27,28,29)/t16?,18-,21?,24-,40?/m1/s1.